The van der Waals surface area contributed by atoms with E-state index < -0.39 is 23.5 Å². The van der Waals surface area contributed by atoms with E-state index in [2.05, 4.69) is 15.3 Å². The Morgan fingerprint density at radius 2 is 1.91 bits per heavy atom. The van der Waals surface area contributed by atoms with Crippen LogP contribution in [0.3, 0.4) is 0 Å². The number of fused-ring (bicyclic) bond motifs is 5. The van der Waals surface area contributed by atoms with E-state index in [-0.39, 0.29) is 29.1 Å². The number of carboxylic acids is 1. The molecule has 6 nitrogen and oxygen atoms in total. The number of aliphatic carboxylic acids is 1. The minimum atomic E-state index is -0.838. The number of benzene rings is 1. The lowest BCUT2D eigenvalue weighted by atomic mass is 9.61. The molecule has 164 valence electrons. The molecule has 3 saturated carbocycles. The molecule has 3 heterocycles. The molecule has 3 aliphatic rings. The van der Waals surface area contributed by atoms with Crippen LogP contribution < -0.4 is 5.32 Å². The summed E-state index contributed by atoms with van der Waals surface area (Å²) in [5.74, 6) is -2.12. The third-order valence-electron chi connectivity index (χ3n) is 7.29. The molecule has 0 radical (unpaired) electrons. The van der Waals surface area contributed by atoms with E-state index in [0.717, 1.165) is 31.9 Å². The molecule has 3 aliphatic carbocycles. The van der Waals surface area contributed by atoms with Crippen molar-refractivity contribution >= 4 is 33.7 Å². The third-order valence-corrected chi connectivity index (χ3v) is 7.29. The first-order valence-corrected chi connectivity index (χ1v) is 10.8. The van der Waals surface area contributed by atoms with Gasteiger partial charge in [0.25, 0.3) is 0 Å². The van der Waals surface area contributed by atoms with Gasteiger partial charge in [0.1, 0.15) is 11.5 Å². The molecule has 2 bridgehead atoms. The molecule has 4 aromatic rings. The van der Waals surface area contributed by atoms with Crippen LogP contribution in [0.15, 0.2) is 41.3 Å². The van der Waals surface area contributed by atoms with Crippen LogP contribution in [-0.4, -0.2) is 27.1 Å². The molecule has 2 atom stereocenters. The first-order chi connectivity index (χ1) is 15.5. The van der Waals surface area contributed by atoms with Crippen molar-refractivity contribution < 1.29 is 23.1 Å². The molecule has 8 heteroatoms. The second kappa shape index (κ2) is 7.05. The molecule has 0 spiro atoms. The Morgan fingerprint density at radius 3 is 2.69 bits per heavy atom. The number of halogens is 2. The summed E-state index contributed by atoms with van der Waals surface area (Å²) in [7, 11) is 0. The van der Waals surface area contributed by atoms with Crippen molar-refractivity contribution in [2.45, 2.75) is 31.7 Å². The van der Waals surface area contributed by atoms with Gasteiger partial charge in [-0.2, -0.15) is 0 Å². The van der Waals surface area contributed by atoms with E-state index in [1.54, 1.807) is 18.3 Å². The number of nitrogens with one attached hydrogen (secondary N) is 2. The standard InChI is InChI=1S/C24H21F2N3O3/c25-13-7-16-17(10-28-23(16)27-9-13)15-8-18(20(26)22-14(15)5-6-32-22)29-21-12-3-1-11(2-4-12)19(21)24(30)31/h5-12,19,21,29H,1-4H2,(H,27,28)(H,30,31)/t11?,12?,19-,21?/m0/s1. The highest BCUT2D eigenvalue weighted by Gasteiger charge is 2.47. The summed E-state index contributed by atoms with van der Waals surface area (Å²) in [6, 6.07) is 4.38. The molecule has 1 unspecified atom stereocenters. The Balaban J connectivity index is 1.49. The molecule has 32 heavy (non-hydrogen) atoms. The number of carbonyl (C=O) groups is 1. The summed E-state index contributed by atoms with van der Waals surface area (Å²) in [4.78, 5) is 19.1. The second-order valence-corrected chi connectivity index (χ2v) is 8.91. The first kappa shape index (κ1) is 19.3. The fourth-order valence-electron chi connectivity index (χ4n) is 5.82. The number of carboxylic acid groups (broad SMARTS) is 1. The number of aromatic amines is 1. The van der Waals surface area contributed by atoms with Crippen LogP contribution in [0.1, 0.15) is 25.7 Å². The van der Waals surface area contributed by atoms with Crippen LogP contribution in [0.4, 0.5) is 14.5 Å². The predicted octanol–water partition coefficient (Wildman–Crippen LogP) is 5.56. The number of furan rings is 1. The normalized spacial score (nSPS) is 24.9. The summed E-state index contributed by atoms with van der Waals surface area (Å²) in [5.41, 5.74) is 2.12. The number of H-pyrrole nitrogens is 1. The summed E-state index contributed by atoms with van der Waals surface area (Å²) < 4.78 is 34.8. The minimum absolute atomic E-state index is 0.0801. The van der Waals surface area contributed by atoms with E-state index >= 15 is 4.39 Å². The lowest BCUT2D eigenvalue weighted by Crippen LogP contribution is -2.51. The highest BCUT2D eigenvalue weighted by Crippen LogP contribution is 2.47. The Labute approximate surface area is 181 Å². The average molecular weight is 437 g/mol. The van der Waals surface area contributed by atoms with Crippen LogP contribution in [0.25, 0.3) is 33.1 Å². The van der Waals surface area contributed by atoms with Gasteiger partial charge in [-0.3, -0.25) is 4.79 Å². The van der Waals surface area contributed by atoms with Crippen molar-refractivity contribution in [2.75, 3.05) is 5.32 Å². The van der Waals surface area contributed by atoms with Crippen LogP contribution in [-0.2, 0) is 4.79 Å². The van der Waals surface area contributed by atoms with Gasteiger partial charge in [-0.1, -0.05) is 0 Å². The van der Waals surface area contributed by atoms with Crippen LogP contribution >= 0.6 is 0 Å². The number of hydrogen-bond donors (Lipinski definition) is 3. The van der Waals surface area contributed by atoms with Crippen molar-refractivity contribution in [1.29, 1.82) is 0 Å². The molecular formula is C24H21F2N3O3. The Morgan fingerprint density at radius 1 is 1.12 bits per heavy atom. The topological polar surface area (TPSA) is 91.2 Å². The number of pyridine rings is 1. The van der Waals surface area contributed by atoms with Gasteiger partial charge < -0.3 is 19.8 Å². The third kappa shape index (κ3) is 2.82. The van der Waals surface area contributed by atoms with Gasteiger partial charge in [0, 0.05) is 28.6 Å². The molecule has 7 rings (SSSR count). The first-order valence-electron chi connectivity index (χ1n) is 10.8. The number of anilines is 1. The van der Waals surface area contributed by atoms with E-state index in [0.29, 0.717) is 27.5 Å². The second-order valence-electron chi connectivity index (χ2n) is 8.91. The zero-order valence-electron chi connectivity index (χ0n) is 17.1. The molecule has 0 amide bonds. The largest absolute Gasteiger partial charge is 0.481 e. The molecule has 0 aliphatic heterocycles. The maximum atomic E-state index is 15.4. The van der Waals surface area contributed by atoms with Gasteiger partial charge in [-0.25, -0.2) is 13.8 Å². The summed E-state index contributed by atoms with van der Waals surface area (Å²) in [5, 5.41) is 14.2. The van der Waals surface area contributed by atoms with Gasteiger partial charge >= 0.3 is 5.97 Å². The number of rotatable bonds is 4. The van der Waals surface area contributed by atoms with Crippen molar-refractivity contribution in [3.05, 3.63) is 48.5 Å². The average Bonchev–Trinajstić information content (AvgIpc) is 3.44. The van der Waals surface area contributed by atoms with Gasteiger partial charge in [0.2, 0.25) is 0 Å². The van der Waals surface area contributed by atoms with Crippen molar-refractivity contribution in [3.63, 3.8) is 0 Å². The SMILES string of the molecule is O=C(O)[C@H]1C2CCC(CC2)C1Nc1cc(-c2c[nH]c3ncc(F)cc23)c2ccoc2c1F. The smallest absolute Gasteiger partial charge is 0.308 e. The van der Waals surface area contributed by atoms with E-state index in [4.69, 9.17) is 4.42 Å². The summed E-state index contributed by atoms with van der Waals surface area (Å²) in [6.45, 7) is 0. The zero-order chi connectivity index (χ0) is 22.0. The summed E-state index contributed by atoms with van der Waals surface area (Å²) >= 11 is 0. The predicted molar refractivity (Wildman–Crippen MR) is 115 cm³/mol. The van der Waals surface area contributed by atoms with Crippen molar-refractivity contribution in [2.24, 2.45) is 17.8 Å². The maximum absolute atomic E-state index is 15.4. The van der Waals surface area contributed by atoms with Gasteiger partial charge in [-0.15, -0.1) is 0 Å². The summed E-state index contributed by atoms with van der Waals surface area (Å²) in [6.07, 6.45) is 7.95. The molecule has 0 saturated heterocycles. The molecule has 3 N–H and O–H groups in total. The molecule has 1 aromatic carbocycles. The van der Waals surface area contributed by atoms with E-state index in [1.165, 1.54) is 12.3 Å². The fraction of sp³-hybridized carbons (Fsp3) is 0.333. The molecular weight excluding hydrogens is 416 g/mol. The maximum Gasteiger partial charge on any atom is 0.308 e. The lowest BCUT2D eigenvalue weighted by Gasteiger charge is -2.47. The van der Waals surface area contributed by atoms with Crippen LogP contribution in [0.5, 0.6) is 0 Å². The van der Waals surface area contributed by atoms with Crippen molar-refractivity contribution in [3.8, 4) is 11.1 Å². The fourth-order valence-corrected chi connectivity index (χ4v) is 5.82. The van der Waals surface area contributed by atoms with E-state index in [9.17, 15) is 14.3 Å². The monoisotopic (exact) mass is 437 g/mol. The van der Waals surface area contributed by atoms with Crippen LogP contribution in [0, 0.1) is 29.4 Å². The number of nitrogens with zero attached hydrogens (tertiary/aromatic N) is 1. The van der Waals surface area contributed by atoms with E-state index in [1.807, 2.05) is 0 Å². The quantitative estimate of drug-likeness (QED) is 0.389. The molecule has 3 aromatic heterocycles. The van der Waals surface area contributed by atoms with Gasteiger partial charge in [0.05, 0.1) is 24.1 Å². The number of aromatic nitrogens is 2. The highest BCUT2D eigenvalue weighted by atomic mass is 19.1. The van der Waals surface area contributed by atoms with Crippen LogP contribution in [0.2, 0.25) is 0 Å². The zero-order valence-corrected chi connectivity index (χ0v) is 17.1. The lowest BCUT2D eigenvalue weighted by molar-refractivity contribution is -0.148. The highest BCUT2D eigenvalue weighted by molar-refractivity contribution is 6.04. The van der Waals surface area contributed by atoms with Gasteiger partial charge in [0.15, 0.2) is 11.4 Å². The van der Waals surface area contributed by atoms with Crippen molar-refractivity contribution in [1.82, 2.24) is 9.97 Å². The number of hydrogen-bond acceptors (Lipinski definition) is 4. The Bertz CT molecular complexity index is 1350. The molecule has 3 fully saturated rings. The Hall–Kier alpha value is -3.42. The minimum Gasteiger partial charge on any atom is -0.481 e. The van der Waals surface area contributed by atoms with Gasteiger partial charge in [-0.05, 0) is 61.3 Å². The Kier molecular flexibility index (Phi) is 4.25.